The summed E-state index contributed by atoms with van der Waals surface area (Å²) in [6.45, 7) is 2.68. The summed E-state index contributed by atoms with van der Waals surface area (Å²) >= 11 is 0. The molecule has 8 heteroatoms. The summed E-state index contributed by atoms with van der Waals surface area (Å²) in [5, 5.41) is 3.10. The van der Waals surface area contributed by atoms with E-state index in [9.17, 15) is 9.59 Å². The summed E-state index contributed by atoms with van der Waals surface area (Å²) in [6, 6.07) is 1.62. The van der Waals surface area contributed by atoms with Crippen LogP contribution in [0.1, 0.15) is 19.3 Å². The van der Waals surface area contributed by atoms with E-state index >= 15 is 0 Å². The number of hydrogen-bond acceptors (Lipinski definition) is 6. The molecule has 0 aromatic carbocycles. The molecular weight excluding hydrogens is 286 g/mol. The standard InChI is InChI=1S/C14H21N5O3/c15-14-17-11(7-12(20)18-14)19-4-1-10(2-5-19)16-13(21)9-3-6-22-8-9/h7,9-10H,1-6,8H2,(H,16,21)(H3,15,17,18,20)/t9-/m1/s1. The van der Waals surface area contributed by atoms with Crippen molar-refractivity contribution in [2.45, 2.75) is 25.3 Å². The Morgan fingerprint density at radius 2 is 2.18 bits per heavy atom. The van der Waals surface area contributed by atoms with Gasteiger partial charge in [-0.05, 0) is 19.3 Å². The highest BCUT2D eigenvalue weighted by atomic mass is 16.5. The summed E-state index contributed by atoms with van der Waals surface area (Å²) < 4.78 is 5.24. The summed E-state index contributed by atoms with van der Waals surface area (Å²) in [5.41, 5.74) is 5.32. The number of H-pyrrole nitrogens is 1. The molecular formula is C14H21N5O3. The second-order valence-electron chi connectivity index (χ2n) is 5.82. The number of nitrogens with one attached hydrogen (secondary N) is 2. The van der Waals surface area contributed by atoms with Gasteiger partial charge in [-0.25, -0.2) is 0 Å². The first kappa shape index (κ1) is 14.8. The summed E-state index contributed by atoms with van der Waals surface area (Å²) in [7, 11) is 0. The van der Waals surface area contributed by atoms with Crippen molar-refractivity contribution in [3.63, 3.8) is 0 Å². The fourth-order valence-corrected chi connectivity index (χ4v) is 2.94. The Hall–Kier alpha value is -2.09. The molecule has 8 nitrogen and oxygen atoms in total. The molecule has 2 saturated heterocycles. The predicted octanol–water partition coefficient (Wildman–Crippen LogP) is -0.526. The van der Waals surface area contributed by atoms with E-state index in [2.05, 4.69) is 15.3 Å². The number of ether oxygens (including phenoxy) is 1. The number of amides is 1. The number of nitrogen functional groups attached to an aromatic ring is 1. The molecule has 3 rings (SSSR count). The van der Waals surface area contributed by atoms with Crippen LogP contribution >= 0.6 is 0 Å². The van der Waals surface area contributed by atoms with E-state index in [0.717, 1.165) is 32.4 Å². The molecule has 2 fully saturated rings. The third-order valence-corrected chi connectivity index (χ3v) is 4.21. The summed E-state index contributed by atoms with van der Waals surface area (Å²) in [5.74, 6) is 0.802. The molecule has 1 amide bonds. The molecule has 0 saturated carbocycles. The van der Waals surface area contributed by atoms with Crippen molar-refractivity contribution in [2.24, 2.45) is 5.92 Å². The molecule has 4 N–H and O–H groups in total. The van der Waals surface area contributed by atoms with Gasteiger partial charge in [0, 0.05) is 31.8 Å². The lowest BCUT2D eigenvalue weighted by Gasteiger charge is -2.33. The topological polar surface area (TPSA) is 113 Å². The van der Waals surface area contributed by atoms with Crippen molar-refractivity contribution in [1.82, 2.24) is 15.3 Å². The number of nitrogens with two attached hydrogens (primary N) is 1. The second-order valence-corrected chi connectivity index (χ2v) is 5.82. The molecule has 0 spiro atoms. The summed E-state index contributed by atoms with van der Waals surface area (Å²) in [6.07, 6.45) is 2.46. The van der Waals surface area contributed by atoms with E-state index in [-0.39, 0.29) is 29.4 Å². The number of aromatic nitrogens is 2. The minimum absolute atomic E-state index is 0.00724. The van der Waals surface area contributed by atoms with Crippen molar-refractivity contribution in [3.05, 3.63) is 16.4 Å². The van der Waals surface area contributed by atoms with E-state index in [1.165, 1.54) is 6.07 Å². The number of hydrogen-bond donors (Lipinski definition) is 3. The highest BCUT2D eigenvalue weighted by Gasteiger charge is 2.27. The number of nitrogens with zero attached hydrogens (tertiary/aromatic N) is 2. The van der Waals surface area contributed by atoms with Crippen molar-refractivity contribution in [2.75, 3.05) is 36.9 Å². The lowest BCUT2D eigenvalue weighted by atomic mass is 10.0. The minimum atomic E-state index is -0.251. The van der Waals surface area contributed by atoms with Crippen molar-refractivity contribution in [1.29, 1.82) is 0 Å². The van der Waals surface area contributed by atoms with Gasteiger partial charge in [0.05, 0.1) is 12.5 Å². The number of aromatic amines is 1. The molecule has 0 aliphatic carbocycles. The second kappa shape index (κ2) is 6.35. The molecule has 1 aromatic heterocycles. The Morgan fingerprint density at radius 3 is 2.82 bits per heavy atom. The largest absolute Gasteiger partial charge is 0.381 e. The number of anilines is 2. The van der Waals surface area contributed by atoms with Crippen LogP contribution in [0.15, 0.2) is 10.9 Å². The molecule has 3 heterocycles. The molecule has 2 aliphatic rings. The maximum absolute atomic E-state index is 12.1. The molecule has 120 valence electrons. The van der Waals surface area contributed by atoms with E-state index in [1.807, 2.05) is 4.90 Å². The zero-order chi connectivity index (χ0) is 15.5. The molecule has 2 aliphatic heterocycles. The molecule has 0 radical (unpaired) electrons. The van der Waals surface area contributed by atoms with Crippen LogP contribution in [0.2, 0.25) is 0 Å². The average molecular weight is 307 g/mol. The molecule has 22 heavy (non-hydrogen) atoms. The van der Waals surface area contributed by atoms with Crippen LogP contribution in [0, 0.1) is 5.92 Å². The third kappa shape index (κ3) is 3.38. The molecule has 1 atom stereocenters. The maximum Gasteiger partial charge on any atom is 0.254 e. The molecule has 0 bridgehead atoms. The number of carbonyl (C=O) groups excluding carboxylic acids is 1. The van der Waals surface area contributed by atoms with Crippen LogP contribution in [0.4, 0.5) is 11.8 Å². The third-order valence-electron chi connectivity index (χ3n) is 4.21. The van der Waals surface area contributed by atoms with Gasteiger partial charge < -0.3 is 20.7 Å². The number of piperidine rings is 1. The van der Waals surface area contributed by atoms with Crippen molar-refractivity contribution < 1.29 is 9.53 Å². The Bertz CT molecular complexity index is 588. The Balaban J connectivity index is 1.53. The van der Waals surface area contributed by atoms with Crippen molar-refractivity contribution >= 4 is 17.7 Å². The molecule has 0 unspecified atom stereocenters. The SMILES string of the molecule is Nc1nc(N2CCC(NC(=O)[C@@H]3CCOC3)CC2)cc(=O)[nH]1. The monoisotopic (exact) mass is 307 g/mol. The van der Waals surface area contributed by atoms with Crippen LogP contribution in [0.5, 0.6) is 0 Å². The van der Waals surface area contributed by atoms with E-state index in [1.54, 1.807) is 0 Å². The van der Waals surface area contributed by atoms with E-state index in [4.69, 9.17) is 10.5 Å². The first-order valence-corrected chi connectivity index (χ1v) is 7.62. The van der Waals surface area contributed by atoms with Gasteiger partial charge in [-0.3, -0.25) is 14.6 Å². The zero-order valence-corrected chi connectivity index (χ0v) is 12.4. The Labute approximate surface area is 128 Å². The van der Waals surface area contributed by atoms with Crippen LogP contribution in [-0.2, 0) is 9.53 Å². The first-order valence-electron chi connectivity index (χ1n) is 7.62. The van der Waals surface area contributed by atoms with Gasteiger partial charge in [0.2, 0.25) is 11.9 Å². The van der Waals surface area contributed by atoms with E-state index < -0.39 is 0 Å². The maximum atomic E-state index is 12.1. The molecule has 1 aromatic rings. The number of rotatable bonds is 3. The fourth-order valence-electron chi connectivity index (χ4n) is 2.94. The van der Waals surface area contributed by atoms with Crippen LogP contribution in [-0.4, -0.2) is 48.2 Å². The summed E-state index contributed by atoms with van der Waals surface area (Å²) in [4.78, 5) is 32.1. The van der Waals surface area contributed by atoms with Crippen LogP contribution in [0.3, 0.4) is 0 Å². The van der Waals surface area contributed by atoms with Crippen LogP contribution in [0.25, 0.3) is 0 Å². The lowest BCUT2D eigenvalue weighted by Crippen LogP contribution is -2.46. The highest BCUT2D eigenvalue weighted by Crippen LogP contribution is 2.18. The minimum Gasteiger partial charge on any atom is -0.381 e. The van der Waals surface area contributed by atoms with Gasteiger partial charge in [0.25, 0.3) is 5.56 Å². The van der Waals surface area contributed by atoms with E-state index in [0.29, 0.717) is 19.0 Å². The van der Waals surface area contributed by atoms with Crippen LogP contribution < -0.4 is 21.5 Å². The lowest BCUT2D eigenvalue weighted by molar-refractivity contribution is -0.125. The normalized spacial score (nSPS) is 22.7. The average Bonchev–Trinajstić information content (AvgIpc) is 3.01. The van der Waals surface area contributed by atoms with Gasteiger partial charge in [0.1, 0.15) is 5.82 Å². The van der Waals surface area contributed by atoms with Gasteiger partial charge in [-0.1, -0.05) is 0 Å². The predicted molar refractivity (Wildman–Crippen MR) is 81.6 cm³/mol. The highest BCUT2D eigenvalue weighted by molar-refractivity contribution is 5.79. The number of carbonyl (C=O) groups is 1. The van der Waals surface area contributed by atoms with Crippen molar-refractivity contribution in [3.8, 4) is 0 Å². The van der Waals surface area contributed by atoms with Gasteiger partial charge in [-0.2, -0.15) is 4.98 Å². The van der Waals surface area contributed by atoms with Gasteiger partial charge in [0.15, 0.2) is 0 Å². The Morgan fingerprint density at radius 1 is 1.41 bits per heavy atom. The first-order chi connectivity index (χ1) is 10.6. The quantitative estimate of drug-likeness (QED) is 0.692. The van der Waals surface area contributed by atoms with Gasteiger partial charge in [-0.15, -0.1) is 0 Å². The fraction of sp³-hybridized carbons (Fsp3) is 0.643. The Kier molecular flexibility index (Phi) is 4.28. The smallest absolute Gasteiger partial charge is 0.254 e. The zero-order valence-electron chi connectivity index (χ0n) is 12.4. The van der Waals surface area contributed by atoms with Gasteiger partial charge >= 0.3 is 0 Å².